The summed E-state index contributed by atoms with van der Waals surface area (Å²) < 4.78 is 72.7. The highest BCUT2D eigenvalue weighted by Crippen LogP contribution is 2.37. The zero-order valence-corrected chi connectivity index (χ0v) is 19.4. The molecular weight excluding hydrogens is 507 g/mol. The summed E-state index contributed by atoms with van der Waals surface area (Å²) in [7, 11) is 0. The molecule has 0 aliphatic carbocycles. The van der Waals surface area contributed by atoms with Crippen LogP contribution in [0.3, 0.4) is 0 Å². The summed E-state index contributed by atoms with van der Waals surface area (Å²) in [6, 6.07) is 9.26. The van der Waals surface area contributed by atoms with E-state index in [1.165, 1.54) is 0 Å². The number of benzene rings is 1. The lowest BCUT2D eigenvalue weighted by atomic mass is 9.86. The molecule has 182 valence electrons. The summed E-state index contributed by atoms with van der Waals surface area (Å²) in [6.07, 6.45) is -7.29. The van der Waals surface area contributed by atoms with E-state index in [-0.39, 0.29) is 4.83 Å². The van der Waals surface area contributed by atoms with E-state index in [4.69, 9.17) is 4.74 Å². The summed E-state index contributed by atoms with van der Waals surface area (Å²) in [6.45, 7) is 0.859. The molecule has 0 aliphatic heterocycles. The van der Waals surface area contributed by atoms with Gasteiger partial charge in [-0.3, -0.25) is 9.59 Å². The number of esters is 2. The first-order chi connectivity index (χ1) is 14.5. The van der Waals surface area contributed by atoms with Gasteiger partial charge in [0.1, 0.15) is 18.4 Å². The second-order valence-corrected chi connectivity index (χ2v) is 9.59. The molecule has 0 aromatic heterocycles. The predicted molar refractivity (Wildman–Crippen MR) is 109 cm³/mol. The van der Waals surface area contributed by atoms with Crippen LogP contribution in [0.25, 0.3) is 0 Å². The van der Waals surface area contributed by atoms with E-state index in [1.807, 2.05) is 30.3 Å². The minimum atomic E-state index is -5.15. The number of hydrogen-bond acceptors (Lipinski definition) is 5. The Morgan fingerprint density at radius 2 is 1.50 bits per heavy atom. The second kappa shape index (κ2) is 10.9. The molecule has 11 heteroatoms. The number of aliphatic hydroxyl groups excluding tert-OH is 1. The third kappa shape index (κ3) is 9.01. The second-order valence-electron chi connectivity index (χ2n) is 8.49. The Morgan fingerprint density at radius 3 is 2.00 bits per heavy atom. The molecule has 0 spiro atoms. The quantitative estimate of drug-likeness (QED) is 0.240. The molecular formula is C21H26BrF5O5. The molecule has 0 aliphatic rings. The summed E-state index contributed by atoms with van der Waals surface area (Å²) in [5.41, 5.74) is -2.02. The molecule has 0 fully saturated rings. The fourth-order valence-electron chi connectivity index (χ4n) is 2.59. The van der Waals surface area contributed by atoms with Gasteiger partial charge in [0.25, 0.3) is 5.92 Å². The average molecular weight is 533 g/mol. The van der Waals surface area contributed by atoms with Gasteiger partial charge in [-0.1, -0.05) is 46.3 Å². The number of carbonyl (C=O) groups excluding carboxylic acids is 2. The highest BCUT2D eigenvalue weighted by Gasteiger charge is 2.46. The molecule has 1 rings (SSSR count). The van der Waals surface area contributed by atoms with Crippen molar-refractivity contribution in [3.63, 3.8) is 0 Å². The maximum atomic E-state index is 13.4. The highest BCUT2D eigenvalue weighted by atomic mass is 79.9. The normalized spacial score (nSPS) is 15.6. The molecule has 2 atom stereocenters. The van der Waals surface area contributed by atoms with Gasteiger partial charge >= 0.3 is 18.1 Å². The van der Waals surface area contributed by atoms with Gasteiger partial charge in [0.15, 0.2) is 6.61 Å². The smallest absolute Gasteiger partial charge is 0.394 e. The van der Waals surface area contributed by atoms with Gasteiger partial charge in [0.05, 0.1) is 12.0 Å². The Hall–Kier alpha value is -1.75. The molecule has 1 aromatic carbocycles. The van der Waals surface area contributed by atoms with Crippen LogP contribution in [0, 0.1) is 10.8 Å². The number of hydrogen-bond donors (Lipinski definition) is 1. The van der Waals surface area contributed by atoms with Crippen LogP contribution in [0.1, 0.15) is 44.0 Å². The van der Waals surface area contributed by atoms with Crippen LogP contribution in [-0.4, -0.2) is 49.0 Å². The first-order valence-corrected chi connectivity index (χ1v) is 10.5. The van der Waals surface area contributed by atoms with E-state index in [2.05, 4.69) is 20.7 Å². The van der Waals surface area contributed by atoms with Gasteiger partial charge in [-0.05, 0) is 32.8 Å². The minimum Gasteiger partial charge on any atom is -0.464 e. The van der Waals surface area contributed by atoms with Gasteiger partial charge in [0.2, 0.25) is 0 Å². The highest BCUT2D eigenvalue weighted by molar-refractivity contribution is 9.09. The maximum absolute atomic E-state index is 13.4. The average Bonchev–Trinajstić information content (AvgIpc) is 2.68. The van der Waals surface area contributed by atoms with Crippen LogP contribution in [0.2, 0.25) is 0 Å². The molecule has 32 heavy (non-hydrogen) atoms. The van der Waals surface area contributed by atoms with Crippen LogP contribution in [0.5, 0.6) is 0 Å². The standard InChI is InChI=1S/C21H26BrF5O5/c1-18(2,9-15(22)14-7-5-4-6-8-14)16(29)31-12-19(3,11-28)17(30)32-13-20(23,24)10-21(25,26)27/h4-8,15,28H,9-13H2,1-3H3. The molecule has 5 nitrogen and oxygen atoms in total. The van der Waals surface area contributed by atoms with E-state index in [1.54, 1.807) is 13.8 Å². The van der Waals surface area contributed by atoms with Crippen molar-refractivity contribution in [2.75, 3.05) is 19.8 Å². The lowest BCUT2D eigenvalue weighted by Crippen LogP contribution is -2.42. The topological polar surface area (TPSA) is 72.8 Å². The Labute approximate surface area is 191 Å². The van der Waals surface area contributed by atoms with Crippen LogP contribution in [-0.2, 0) is 19.1 Å². The zero-order valence-electron chi connectivity index (χ0n) is 17.8. The third-order valence-electron chi connectivity index (χ3n) is 4.64. The first kappa shape index (κ1) is 28.3. The molecule has 1 N–H and O–H groups in total. The summed E-state index contributed by atoms with van der Waals surface area (Å²) >= 11 is 3.50. The summed E-state index contributed by atoms with van der Waals surface area (Å²) in [5.74, 6) is -6.45. The number of rotatable bonds is 11. The van der Waals surface area contributed by atoms with Gasteiger partial charge in [-0.15, -0.1) is 0 Å². The number of aliphatic hydroxyl groups is 1. The van der Waals surface area contributed by atoms with E-state index in [0.717, 1.165) is 12.5 Å². The Morgan fingerprint density at radius 1 is 0.969 bits per heavy atom. The lowest BCUT2D eigenvalue weighted by molar-refractivity contribution is -0.208. The minimum absolute atomic E-state index is 0.184. The van der Waals surface area contributed by atoms with E-state index >= 15 is 0 Å². The van der Waals surface area contributed by atoms with Crippen LogP contribution < -0.4 is 0 Å². The van der Waals surface area contributed by atoms with Gasteiger partial charge in [-0.25, -0.2) is 8.78 Å². The van der Waals surface area contributed by atoms with E-state index < -0.39 is 61.1 Å². The SMILES string of the molecule is CC(C)(CC(Br)c1ccccc1)C(=O)OCC(C)(CO)C(=O)OCC(F)(F)CC(F)(F)F. The van der Waals surface area contributed by atoms with Crippen molar-refractivity contribution in [2.45, 2.75) is 50.5 Å². The molecule has 0 heterocycles. The van der Waals surface area contributed by atoms with Crippen molar-refractivity contribution in [3.8, 4) is 0 Å². The fourth-order valence-corrected chi connectivity index (χ4v) is 3.70. The Balaban J connectivity index is 2.70. The lowest BCUT2D eigenvalue weighted by Gasteiger charge is -2.29. The Bertz CT molecular complexity index is 770. The number of halogens is 6. The maximum Gasteiger partial charge on any atom is 0.394 e. The Kier molecular flexibility index (Phi) is 9.65. The monoisotopic (exact) mass is 532 g/mol. The van der Waals surface area contributed by atoms with Gasteiger partial charge in [0, 0.05) is 4.83 Å². The largest absolute Gasteiger partial charge is 0.464 e. The molecule has 0 bridgehead atoms. The van der Waals surface area contributed by atoms with Crippen molar-refractivity contribution < 1.29 is 46.1 Å². The van der Waals surface area contributed by atoms with Crippen molar-refractivity contribution in [1.29, 1.82) is 0 Å². The predicted octanol–water partition coefficient (Wildman–Crippen LogP) is 5.21. The van der Waals surface area contributed by atoms with Crippen molar-refractivity contribution in [1.82, 2.24) is 0 Å². The summed E-state index contributed by atoms with van der Waals surface area (Å²) in [4.78, 5) is 24.5. The van der Waals surface area contributed by atoms with E-state index in [0.29, 0.717) is 6.42 Å². The van der Waals surface area contributed by atoms with Crippen LogP contribution >= 0.6 is 15.9 Å². The summed E-state index contributed by atoms with van der Waals surface area (Å²) in [5, 5.41) is 9.51. The fraction of sp³-hybridized carbons (Fsp3) is 0.619. The third-order valence-corrected chi connectivity index (χ3v) is 5.49. The van der Waals surface area contributed by atoms with Crippen molar-refractivity contribution in [2.24, 2.45) is 10.8 Å². The van der Waals surface area contributed by atoms with Crippen LogP contribution in [0.4, 0.5) is 22.0 Å². The van der Waals surface area contributed by atoms with Gasteiger partial charge < -0.3 is 14.6 Å². The molecule has 0 amide bonds. The zero-order chi connectivity index (χ0) is 24.8. The molecule has 0 saturated heterocycles. The number of alkyl halides is 6. The van der Waals surface area contributed by atoms with Gasteiger partial charge in [-0.2, -0.15) is 13.2 Å². The first-order valence-electron chi connectivity index (χ1n) is 9.60. The van der Waals surface area contributed by atoms with Crippen molar-refractivity contribution >= 4 is 27.9 Å². The van der Waals surface area contributed by atoms with Crippen LogP contribution in [0.15, 0.2) is 30.3 Å². The number of ether oxygens (including phenoxy) is 2. The molecule has 2 unspecified atom stereocenters. The molecule has 1 aromatic rings. The van der Waals surface area contributed by atoms with E-state index in [9.17, 15) is 36.6 Å². The molecule has 0 radical (unpaired) electrons. The number of carbonyl (C=O) groups is 2. The van der Waals surface area contributed by atoms with Crippen molar-refractivity contribution in [3.05, 3.63) is 35.9 Å². The molecule has 0 saturated carbocycles.